The molecule has 0 aliphatic carbocycles. The van der Waals surface area contributed by atoms with Crippen molar-refractivity contribution in [2.24, 2.45) is 5.92 Å². The van der Waals surface area contributed by atoms with Gasteiger partial charge in [0.2, 0.25) is 0 Å². The number of hydrogen-bond donors (Lipinski definition) is 0. The maximum absolute atomic E-state index is 6.71. The molecular weight excluding hydrogens is 308 g/mol. The number of unbranched alkanes of at least 4 members (excludes halogenated alkanes) is 7. The van der Waals surface area contributed by atoms with Crippen LogP contribution in [0.1, 0.15) is 98.8 Å². The van der Waals surface area contributed by atoms with Gasteiger partial charge in [-0.3, -0.25) is 0 Å². The number of hydrogen-bond acceptors (Lipinski definition) is 1. The van der Waals surface area contributed by atoms with Gasteiger partial charge in [-0.15, -0.1) is 12.3 Å². The van der Waals surface area contributed by atoms with E-state index in [0.717, 1.165) is 12.3 Å². The van der Waals surface area contributed by atoms with Crippen LogP contribution in [0.4, 0.5) is 0 Å². The summed E-state index contributed by atoms with van der Waals surface area (Å²) >= 11 is 0. The Hall–Kier alpha value is -0.263. The maximum Gasteiger partial charge on any atom is 0.192 e. The highest BCUT2D eigenvalue weighted by Gasteiger charge is 2.39. The molecule has 0 aliphatic rings. The maximum atomic E-state index is 6.71. The fraction of sp³-hybridized carbons (Fsp3) is 0.909. The molecule has 1 atom stereocenters. The molecule has 0 aromatic heterocycles. The fourth-order valence-electron chi connectivity index (χ4n) is 2.83. The zero-order valence-electron chi connectivity index (χ0n) is 17.7. The molecule has 0 aromatic carbocycles. The Balaban J connectivity index is 4.07. The molecule has 0 aromatic rings. The van der Waals surface area contributed by atoms with Crippen LogP contribution in [0.5, 0.6) is 0 Å². The van der Waals surface area contributed by atoms with E-state index in [4.69, 9.17) is 10.8 Å². The Bertz CT molecular complexity index is 346. The van der Waals surface area contributed by atoms with Gasteiger partial charge in [0.25, 0.3) is 0 Å². The van der Waals surface area contributed by atoms with Crippen LogP contribution in [0, 0.1) is 18.3 Å². The van der Waals surface area contributed by atoms with Gasteiger partial charge in [0.1, 0.15) is 0 Å². The molecule has 0 unspecified atom stereocenters. The van der Waals surface area contributed by atoms with E-state index >= 15 is 0 Å². The molecule has 0 rings (SSSR count). The highest BCUT2D eigenvalue weighted by molar-refractivity contribution is 6.74. The first kappa shape index (κ1) is 23.7. The van der Waals surface area contributed by atoms with Crippen LogP contribution >= 0.6 is 0 Å². The minimum atomic E-state index is -1.64. The topological polar surface area (TPSA) is 9.23 Å². The second-order valence-corrected chi connectivity index (χ2v) is 14.1. The Morgan fingerprint density at radius 3 is 1.88 bits per heavy atom. The predicted molar refractivity (Wildman–Crippen MR) is 112 cm³/mol. The Labute approximate surface area is 154 Å². The van der Waals surface area contributed by atoms with Crippen LogP contribution in [-0.4, -0.2) is 14.4 Å². The average molecular weight is 353 g/mol. The first-order valence-electron chi connectivity index (χ1n) is 10.2. The van der Waals surface area contributed by atoms with Crippen LogP contribution in [-0.2, 0) is 4.43 Å². The molecule has 0 saturated carbocycles. The van der Waals surface area contributed by atoms with E-state index in [2.05, 4.69) is 53.6 Å². The van der Waals surface area contributed by atoms with Gasteiger partial charge in [0.15, 0.2) is 8.32 Å². The third kappa shape index (κ3) is 11.3. The summed E-state index contributed by atoms with van der Waals surface area (Å²) in [6.45, 7) is 16.4. The lowest BCUT2D eigenvalue weighted by Gasteiger charge is -2.40. The van der Waals surface area contributed by atoms with Crippen molar-refractivity contribution < 1.29 is 4.43 Å². The number of rotatable bonds is 13. The third-order valence-electron chi connectivity index (χ3n) is 5.35. The van der Waals surface area contributed by atoms with Gasteiger partial charge in [-0.1, -0.05) is 73.1 Å². The van der Waals surface area contributed by atoms with Crippen molar-refractivity contribution in [1.29, 1.82) is 0 Å². The summed E-state index contributed by atoms with van der Waals surface area (Å²) in [4.78, 5) is 0. The lowest BCUT2D eigenvalue weighted by Crippen LogP contribution is -2.44. The molecule has 0 heterocycles. The lowest BCUT2D eigenvalue weighted by molar-refractivity contribution is 0.143. The highest BCUT2D eigenvalue weighted by atomic mass is 28.4. The molecule has 142 valence electrons. The van der Waals surface area contributed by atoms with Crippen molar-refractivity contribution in [2.75, 3.05) is 0 Å². The summed E-state index contributed by atoms with van der Waals surface area (Å²) in [5.74, 6) is 3.44. The normalized spacial score (nSPS) is 14.0. The quantitative estimate of drug-likeness (QED) is 0.189. The lowest BCUT2D eigenvalue weighted by atomic mass is 10.00. The molecule has 0 saturated heterocycles. The van der Waals surface area contributed by atoms with E-state index < -0.39 is 8.32 Å². The summed E-state index contributed by atoms with van der Waals surface area (Å²) in [6, 6.07) is 0. The smallest absolute Gasteiger partial charge is 0.192 e. The van der Waals surface area contributed by atoms with Crippen molar-refractivity contribution in [3.05, 3.63) is 0 Å². The third-order valence-corrected chi connectivity index (χ3v) is 9.88. The summed E-state index contributed by atoms with van der Waals surface area (Å²) in [6.07, 6.45) is 18.4. The summed E-state index contributed by atoms with van der Waals surface area (Å²) in [5.41, 5.74) is 0. The molecule has 2 heteroatoms. The monoisotopic (exact) mass is 352 g/mol. The molecule has 1 nitrogen and oxygen atoms in total. The zero-order valence-corrected chi connectivity index (χ0v) is 18.7. The van der Waals surface area contributed by atoms with Gasteiger partial charge >= 0.3 is 0 Å². The first-order chi connectivity index (χ1) is 11.1. The second-order valence-electron chi connectivity index (χ2n) is 9.35. The van der Waals surface area contributed by atoms with Crippen LogP contribution in [0.3, 0.4) is 0 Å². The van der Waals surface area contributed by atoms with E-state index in [-0.39, 0.29) is 0 Å². The molecule has 0 bridgehead atoms. The minimum Gasteiger partial charge on any atom is -0.414 e. The molecule has 24 heavy (non-hydrogen) atoms. The van der Waals surface area contributed by atoms with Crippen LogP contribution in [0.15, 0.2) is 0 Å². The van der Waals surface area contributed by atoms with E-state index in [0.29, 0.717) is 11.1 Å². The van der Waals surface area contributed by atoms with Crippen molar-refractivity contribution in [2.45, 2.75) is 123 Å². The fourth-order valence-corrected chi connectivity index (χ4v) is 4.23. The van der Waals surface area contributed by atoms with Crippen LogP contribution in [0.25, 0.3) is 0 Å². The molecule has 0 spiro atoms. The standard InChI is InChI=1S/C22H44OSi/c1-9-10-11-12-13-14-15-16-17-18-21(19-20(2)3)23-24(7,8)22(4,5)6/h1,20-21H,10-19H2,2-8H3/t21-/m0/s1. The molecule has 0 N–H and O–H groups in total. The first-order valence-corrected chi connectivity index (χ1v) is 13.1. The second kappa shape index (κ2) is 12.1. The van der Waals surface area contributed by atoms with Gasteiger partial charge in [-0.25, -0.2) is 0 Å². The Kier molecular flexibility index (Phi) is 12.0. The van der Waals surface area contributed by atoms with Gasteiger partial charge in [0.05, 0.1) is 0 Å². The van der Waals surface area contributed by atoms with Gasteiger partial charge in [-0.05, 0) is 43.3 Å². The average Bonchev–Trinajstić information content (AvgIpc) is 2.43. The van der Waals surface area contributed by atoms with Crippen LogP contribution in [0.2, 0.25) is 18.1 Å². The van der Waals surface area contributed by atoms with E-state index in [9.17, 15) is 0 Å². The summed E-state index contributed by atoms with van der Waals surface area (Å²) in [5, 5.41) is 0.306. The van der Waals surface area contributed by atoms with Crippen molar-refractivity contribution in [1.82, 2.24) is 0 Å². The number of terminal acetylenes is 1. The van der Waals surface area contributed by atoms with Crippen molar-refractivity contribution >= 4 is 8.32 Å². The Morgan fingerprint density at radius 2 is 1.42 bits per heavy atom. The Morgan fingerprint density at radius 1 is 0.917 bits per heavy atom. The largest absolute Gasteiger partial charge is 0.414 e. The van der Waals surface area contributed by atoms with Gasteiger partial charge in [0, 0.05) is 12.5 Å². The molecule has 0 amide bonds. The van der Waals surface area contributed by atoms with Crippen molar-refractivity contribution in [3.8, 4) is 12.3 Å². The van der Waals surface area contributed by atoms with Gasteiger partial charge < -0.3 is 4.43 Å². The zero-order chi connectivity index (χ0) is 18.6. The minimum absolute atomic E-state index is 0.306. The molecule has 0 aliphatic heterocycles. The summed E-state index contributed by atoms with van der Waals surface area (Å²) in [7, 11) is -1.64. The van der Waals surface area contributed by atoms with Crippen molar-refractivity contribution in [3.63, 3.8) is 0 Å². The molecular formula is C22H44OSi. The van der Waals surface area contributed by atoms with Gasteiger partial charge in [-0.2, -0.15) is 0 Å². The predicted octanol–water partition coefficient (Wildman–Crippen LogP) is 7.57. The van der Waals surface area contributed by atoms with E-state index in [1.165, 1.54) is 57.8 Å². The van der Waals surface area contributed by atoms with E-state index in [1.54, 1.807) is 0 Å². The summed E-state index contributed by atoms with van der Waals surface area (Å²) < 4.78 is 6.71. The SMILES string of the molecule is C#CCCCCCCCCC[C@@H](CC(C)C)O[Si](C)(C)C(C)(C)C. The highest BCUT2D eigenvalue weighted by Crippen LogP contribution is 2.38. The van der Waals surface area contributed by atoms with E-state index in [1.807, 2.05) is 0 Å². The molecule has 0 fully saturated rings. The molecule has 0 radical (unpaired) electrons. The van der Waals surface area contributed by atoms with Crippen LogP contribution < -0.4 is 0 Å².